The van der Waals surface area contributed by atoms with Crippen LogP contribution in [0.3, 0.4) is 0 Å². The van der Waals surface area contributed by atoms with E-state index >= 15 is 0 Å². The number of anilines is 1. The van der Waals surface area contributed by atoms with Gasteiger partial charge in [-0.15, -0.1) is 0 Å². The topological polar surface area (TPSA) is 85.2 Å². The Bertz CT molecular complexity index is 437. The van der Waals surface area contributed by atoms with Crippen LogP contribution in [0.1, 0.15) is 18.4 Å². The molecule has 92 valence electrons. The minimum Gasteiger partial charge on any atom is -0.368 e. The predicted octanol–water partition coefficient (Wildman–Crippen LogP) is 0.648. The van der Waals surface area contributed by atoms with Gasteiger partial charge in [0.2, 0.25) is 5.91 Å². The third-order valence-electron chi connectivity index (χ3n) is 3.02. The molecule has 1 amide bonds. The monoisotopic (exact) mass is 254 g/mol. The molecule has 1 fully saturated rings. The molecule has 0 bridgehead atoms. The Labute approximate surface area is 105 Å². The highest BCUT2D eigenvalue weighted by atomic mass is 35.5. The average molecular weight is 255 g/mol. The van der Waals surface area contributed by atoms with Crippen molar-refractivity contribution >= 4 is 23.3 Å². The van der Waals surface area contributed by atoms with Crippen LogP contribution in [0.15, 0.2) is 12.3 Å². The largest absolute Gasteiger partial charge is 0.368 e. The fourth-order valence-electron chi connectivity index (χ4n) is 2.15. The van der Waals surface area contributed by atoms with Gasteiger partial charge >= 0.3 is 0 Å². The first-order valence-electron chi connectivity index (χ1n) is 5.54. The highest BCUT2D eigenvalue weighted by Crippen LogP contribution is 2.31. The number of amides is 1. The SMILES string of the molecule is NCc1ccnc(N2CCCC2C(N)=O)c1Cl. The van der Waals surface area contributed by atoms with E-state index in [1.54, 1.807) is 12.3 Å². The molecule has 1 aromatic rings. The van der Waals surface area contributed by atoms with Gasteiger partial charge in [-0.1, -0.05) is 11.6 Å². The first-order chi connectivity index (χ1) is 8.15. The maximum absolute atomic E-state index is 11.3. The molecule has 1 aliphatic heterocycles. The summed E-state index contributed by atoms with van der Waals surface area (Å²) < 4.78 is 0. The van der Waals surface area contributed by atoms with Crippen molar-refractivity contribution in [1.82, 2.24) is 4.98 Å². The van der Waals surface area contributed by atoms with E-state index in [1.807, 2.05) is 4.90 Å². The Morgan fingerprint density at radius 3 is 3.06 bits per heavy atom. The number of aromatic nitrogens is 1. The van der Waals surface area contributed by atoms with Crippen molar-refractivity contribution < 1.29 is 4.79 Å². The third-order valence-corrected chi connectivity index (χ3v) is 3.44. The van der Waals surface area contributed by atoms with Crippen molar-refractivity contribution in [2.45, 2.75) is 25.4 Å². The summed E-state index contributed by atoms with van der Waals surface area (Å²) in [6, 6.07) is 1.47. The number of pyridine rings is 1. The van der Waals surface area contributed by atoms with Gasteiger partial charge in [0.25, 0.3) is 0 Å². The summed E-state index contributed by atoms with van der Waals surface area (Å²) in [7, 11) is 0. The number of carbonyl (C=O) groups excluding carboxylic acids is 1. The number of hydrogen-bond donors (Lipinski definition) is 2. The summed E-state index contributed by atoms with van der Waals surface area (Å²) >= 11 is 6.22. The lowest BCUT2D eigenvalue weighted by molar-refractivity contribution is -0.119. The van der Waals surface area contributed by atoms with E-state index in [9.17, 15) is 4.79 Å². The number of nitrogens with two attached hydrogens (primary N) is 2. The molecular formula is C11H15ClN4O. The summed E-state index contributed by atoms with van der Waals surface area (Å²) in [4.78, 5) is 17.4. The predicted molar refractivity (Wildman–Crippen MR) is 66.7 cm³/mol. The quantitative estimate of drug-likeness (QED) is 0.829. The average Bonchev–Trinajstić information content (AvgIpc) is 2.78. The van der Waals surface area contributed by atoms with Crippen LogP contribution >= 0.6 is 11.6 Å². The lowest BCUT2D eigenvalue weighted by atomic mass is 10.2. The summed E-state index contributed by atoms with van der Waals surface area (Å²) in [6.45, 7) is 1.10. The van der Waals surface area contributed by atoms with Crippen molar-refractivity contribution in [2.24, 2.45) is 11.5 Å². The molecule has 0 aliphatic carbocycles. The Balaban J connectivity index is 2.36. The standard InChI is InChI=1S/C11H15ClN4O/c12-9-7(6-13)3-4-15-11(9)16-5-1-2-8(16)10(14)17/h3-4,8H,1-2,5-6,13H2,(H2,14,17). The molecule has 6 heteroatoms. The van der Waals surface area contributed by atoms with Crippen LogP contribution in [0.25, 0.3) is 0 Å². The molecule has 0 radical (unpaired) electrons. The maximum Gasteiger partial charge on any atom is 0.240 e. The van der Waals surface area contributed by atoms with E-state index in [4.69, 9.17) is 23.1 Å². The lowest BCUT2D eigenvalue weighted by Gasteiger charge is -2.24. The van der Waals surface area contributed by atoms with E-state index in [-0.39, 0.29) is 11.9 Å². The zero-order valence-electron chi connectivity index (χ0n) is 9.40. The second kappa shape index (κ2) is 4.89. The van der Waals surface area contributed by atoms with E-state index in [1.165, 1.54) is 0 Å². The van der Waals surface area contributed by atoms with Crippen LogP contribution in [0, 0.1) is 0 Å². The molecular weight excluding hydrogens is 240 g/mol. The van der Waals surface area contributed by atoms with Gasteiger partial charge in [-0.2, -0.15) is 0 Å². The number of halogens is 1. The van der Waals surface area contributed by atoms with Crippen LogP contribution in [-0.4, -0.2) is 23.5 Å². The molecule has 1 unspecified atom stereocenters. The smallest absolute Gasteiger partial charge is 0.240 e. The van der Waals surface area contributed by atoms with Crippen molar-refractivity contribution in [3.05, 3.63) is 22.8 Å². The highest BCUT2D eigenvalue weighted by Gasteiger charge is 2.31. The van der Waals surface area contributed by atoms with E-state index in [0.717, 1.165) is 24.9 Å². The van der Waals surface area contributed by atoms with E-state index in [2.05, 4.69) is 4.98 Å². The molecule has 2 heterocycles. The second-order valence-corrected chi connectivity index (χ2v) is 4.44. The van der Waals surface area contributed by atoms with Gasteiger partial charge in [0.05, 0.1) is 5.02 Å². The Morgan fingerprint density at radius 1 is 1.65 bits per heavy atom. The molecule has 1 atom stereocenters. The first kappa shape index (κ1) is 12.1. The van der Waals surface area contributed by atoms with E-state index < -0.39 is 0 Å². The Kier molecular flexibility index (Phi) is 3.49. The fraction of sp³-hybridized carbons (Fsp3) is 0.455. The number of nitrogens with zero attached hydrogens (tertiary/aromatic N) is 2. The fourth-order valence-corrected chi connectivity index (χ4v) is 2.44. The summed E-state index contributed by atoms with van der Waals surface area (Å²) in [6.07, 6.45) is 3.32. The number of primary amides is 1. The molecule has 2 rings (SSSR count). The third kappa shape index (κ3) is 2.21. The highest BCUT2D eigenvalue weighted by molar-refractivity contribution is 6.33. The summed E-state index contributed by atoms with van der Waals surface area (Å²) in [5.74, 6) is 0.273. The number of rotatable bonds is 3. The van der Waals surface area contributed by atoms with Crippen molar-refractivity contribution in [2.75, 3.05) is 11.4 Å². The van der Waals surface area contributed by atoms with Gasteiger partial charge in [-0.05, 0) is 24.5 Å². The molecule has 1 aromatic heterocycles. The van der Waals surface area contributed by atoms with Crippen molar-refractivity contribution in [3.63, 3.8) is 0 Å². The normalized spacial score (nSPS) is 19.6. The van der Waals surface area contributed by atoms with Crippen LogP contribution in [-0.2, 0) is 11.3 Å². The molecule has 0 saturated carbocycles. The first-order valence-corrected chi connectivity index (χ1v) is 5.92. The van der Waals surface area contributed by atoms with Gasteiger partial charge in [-0.3, -0.25) is 4.79 Å². The minimum atomic E-state index is -0.335. The van der Waals surface area contributed by atoms with Crippen molar-refractivity contribution in [3.8, 4) is 0 Å². The zero-order chi connectivity index (χ0) is 12.4. The molecule has 1 saturated heterocycles. The molecule has 4 N–H and O–H groups in total. The molecule has 5 nitrogen and oxygen atoms in total. The zero-order valence-corrected chi connectivity index (χ0v) is 10.2. The molecule has 17 heavy (non-hydrogen) atoms. The van der Waals surface area contributed by atoms with Gasteiger partial charge in [0.1, 0.15) is 11.9 Å². The van der Waals surface area contributed by atoms with Gasteiger partial charge in [0.15, 0.2) is 0 Å². The van der Waals surface area contributed by atoms with Crippen LogP contribution in [0.4, 0.5) is 5.82 Å². The summed E-state index contributed by atoms with van der Waals surface area (Å²) in [5, 5.41) is 0.517. The lowest BCUT2D eigenvalue weighted by Crippen LogP contribution is -2.41. The molecule has 0 spiro atoms. The van der Waals surface area contributed by atoms with Crippen LogP contribution in [0.5, 0.6) is 0 Å². The van der Waals surface area contributed by atoms with Crippen LogP contribution in [0.2, 0.25) is 5.02 Å². The van der Waals surface area contributed by atoms with Crippen molar-refractivity contribution in [1.29, 1.82) is 0 Å². The van der Waals surface area contributed by atoms with Gasteiger partial charge in [-0.25, -0.2) is 4.98 Å². The second-order valence-electron chi connectivity index (χ2n) is 4.07. The number of hydrogen-bond acceptors (Lipinski definition) is 4. The Hall–Kier alpha value is -1.33. The minimum absolute atomic E-state index is 0.312. The molecule has 0 aromatic carbocycles. The van der Waals surface area contributed by atoms with Gasteiger partial charge in [0, 0.05) is 19.3 Å². The maximum atomic E-state index is 11.3. The summed E-state index contributed by atoms with van der Waals surface area (Å²) in [5.41, 5.74) is 11.8. The van der Waals surface area contributed by atoms with E-state index in [0.29, 0.717) is 17.4 Å². The Morgan fingerprint density at radius 2 is 2.41 bits per heavy atom. The van der Waals surface area contributed by atoms with Crippen LogP contribution < -0.4 is 16.4 Å². The van der Waals surface area contributed by atoms with Gasteiger partial charge < -0.3 is 16.4 Å². The number of carbonyl (C=O) groups is 1. The molecule has 1 aliphatic rings.